The molecule has 120 valence electrons. The van der Waals surface area contributed by atoms with Gasteiger partial charge in [-0.15, -0.1) is 0 Å². The van der Waals surface area contributed by atoms with Gasteiger partial charge in [0, 0.05) is 19.8 Å². The van der Waals surface area contributed by atoms with Crippen LogP contribution >= 0.6 is 0 Å². The van der Waals surface area contributed by atoms with Gasteiger partial charge in [-0.3, -0.25) is 9.48 Å². The largest absolute Gasteiger partial charge is 0.454 e. The van der Waals surface area contributed by atoms with Crippen LogP contribution in [-0.4, -0.2) is 33.9 Å². The van der Waals surface area contributed by atoms with Gasteiger partial charge < -0.3 is 14.4 Å². The van der Waals surface area contributed by atoms with Crippen molar-refractivity contribution in [1.29, 1.82) is 0 Å². The van der Waals surface area contributed by atoms with Crippen molar-refractivity contribution in [3.63, 3.8) is 0 Å². The van der Waals surface area contributed by atoms with Gasteiger partial charge in [-0.1, -0.05) is 6.07 Å². The molecule has 3 heterocycles. The Morgan fingerprint density at radius 1 is 1.35 bits per heavy atom. The summed E-state index contributed by atoms with van der Waals surface area (Å²) in [6.07, 6.45) is 6.05. The van der Waals surface area contributed by atoms with E-state index in [-0.39, 0.29) is 18.7 Å². The number of nitrogens with zero attached hydrogens (tertiary/aromatic N) is 3. The van der Waals surface area contributed by atoms with E-state index < -0.39 is 0 Å². The lowest BCUT2D eigenvalue weighted by molar-refractivity contribution is -0.131. The van der Waals surface area contributed by atoms with Crippen LogP contribution in [0.1, 0.15) is 30.0 Å². The number of carbonyl (C=O) groups excluding carboxylic acids is 1. The molecule has 0 N–H and O–H groups in total. The van der Waals surface area contributed by atoms with Crippen molar-refractivity contribution in [2.45, 2.75) is 25.3 Å². The summed E-state index contributed by atoms with van der Waals surface area (Å²) in [6.45, 7) is 1.07. The van der Waals surface area contributed by atoms with Gasteiger partial charge in [0.15, 0.2) is 11.5 Å². The summed E-state index contributed by atoms with van der Waals surface area (Å²) in [4.78, 5) is 14.7. The number of rotatable bonds is 3. The molecule has 0 bridgehead atoms. The number of likely N-dealkylation sites (tertiary alicyclic amines) is 1. The van der Waals surface area contributed by atoms with E-state index in [9.17, 15) is 4.79 Å². The molecule has 6 heteroatoms. The van der Waals surface area contributed by atoms with Gasteiger partial charge in [-0.05, 0) is 36.1 Å². The highest BCUT2D eigenvalue weighted by atomic mass is 16.7. The zero-order valence-electron chi connectivity index (χ0n) is 13.1. The predicted molar refractivity (Wildman–Crippen MR) is 83.2 cm³/mol. The van der Waals surface area contributed by atoms with Crippen LogP contribution in [0.15, 0.2) is 30.6 Å². The highest BCUT2D eigenvalue weighted by Gasteiger charge is 2.31. The first-order valence-electron chi connectivity index (χ1n) is 7.87. The van der Waals surface area contributed by atoms with Crippen LogP contribution in [0.5, 0.6) is 11.5 Å². The molecule has 2 aliphatic heterocycles. The van der Waals surface area contributed by atoms with Crippen molar-refractivity contribution in [2.24, 2.45) is 7.05 Å². The van der Waals surface area contributed by atoms with E-state index in [2.05, 4.69) is 5.10 Å². The standard InChI is InChI=1S/C17H19N3O3/c1-19-10-12(9-18-19)7-17(21)20-6-2-3-14(20)13-4-5-15-16(8-13)23-11-22-15/h4-5,8-10,14H,2-3,6-7,11H2,1H3. The smallest absolute Gasteiger partial charge is 0.231 e. The molecule has 2 aliphatic rings. The Labute approximate surface area is 134 Å². The Morgan fingerprint density at radius 3 is 3.04 bits per heavy atom. The van der Waals surface area contributed by atoms with Crippen LogP contribution in [0.3, 0.4) is 0 Å². The first-order valence-corrected chi connectivity index (χ1v) is 7.87. The Morgan fingerprint density at radius 2 is 2.22 bits per heavy atom. The molecule has 0 spiro atoms. The van der Waals surface area contributed by atoms with Crippen LogP contribution in [0.25, 0.3) is 0 Å². The molecular weight excluding hydrogens is 294 g/mol. The van der Waals surface area contributed by atoms with Gasteiger partial charge >= 0.3 is 0 Å². The fourth-order valence-electron chi connectivity index (χ4n) is 3.37. The van der Waals surface area contributed by atoms with E-state index in [4.69, 9.17) is 9.47 Å². The number of ether oxygens (including phenoxy) is 2. The van der Waals surface area contributed by atoms with Gasteiger partial charge in [-0.25, -0.2) is 0 Å². The lowest BCUT2D eigenvalue weighted by Gasteiger charge is -2.25. The van der Waals surface area contributed by atoms with Crippen LogP contribution in [0.2, 0.25) is 0 Å². The van der Waals surface area contributed by atoms with E-state index in [0.29, 0.717) is 6.42 Å². The first kappa shape index (κ1) is 14.1. The quantitative estimate of drug-likeness (QED) is 0.870. The monoisotopic (exact) mass is 313 g/mol. The fourth-order valence-corrected chi connectivity index (χ4v) is 3.37. The summed E-state index contributed by atoms with van der Waals surface area (Å²) in [5.74, 6) is 1.70. The van der Waals surface area contributed by atoms with E-state index in [0.717, 1.165) is 42.0 Å². The Balaban J connectivity index is 1.53. The lowest BCUT2D eigenvalue weighted by Crippen LogP contribution is -2.31. The molecular formula is C17H19N3O3. The summed E-state index contributed by atoms with van der Waals surface area (Å²) >= 11 is 0. The van der Waals surface area contributed by atoms with E-state index in [1.165, 1.54) is 0 Å². The van der Waals surface area contributed by atoms with Crippen molar-refractivity contribution in [1.82, 2.24) is 14.7 Å². The molecule has 1 aromatic heterocycles. The molecule has 1 atom stereocenters. The van der Waals surface area contributed by atoms with E-state index in [1.807, 2.05) is 36.3 Å². The minimum atomic E-state index is 0.119. The maximum atomic E-state index is 12.7. The summed E-state index contributed by atoms with van der Waals surface area (Å²) in [6, 6.07) is 6.09. The minimum absolute atomic E-state index is 0.119. The number of aromatic nitrogens is 2. The molecule has 0 radical (unpaired) electrons. The Hall–Kier alpha value is -2.50. The fraction of sp³-hybridized carbons (Fsp3) is 0.412. The number of fused-ring (bicyclic) bond motifs is 1. The predicted octanol–water partition coefficient (Wildman–Crippen LogP) is 2.05. The van der Waals surface area contributed by atoms with Gasteiger partial charge in [-0.2, -0.15) is 5.10 Å². The number of amides is 1. The minimum Gasteiger partial charge on any atom is -0.454 e. The highest BCUT2D eigenvalue weighted by Crippen LogP contribution is 2.39. The maximum absolute atomic E-state index is 12.7. The number of aryl methyl sites for hydroxylation is 1. The van der Waals surface area contributed by atoms with Crippen LogP contribution in [0, 0.1) is 0 Å². The Kier molecular flexibility index (Phi) is 3.44. The molecule has 0 saturated carbocycles. The zero-order valence-corrected chi connectivity index (χ0v) is 13.1. The number of benzene rings is 1. The summed E-state index contributed by atoms with van der Waals surface area (Å²) < 4.78 is 12.5. The Bertz CT molecular complexity index is 740. The van der Waals surface area contributed by atoms with Crippen LogP contribution < -0.4 is 9.47 Å². The van der Waals surface area contributed by atoms with E-state index in [1.54, 1.807) is 10.9 Å². The number of hydrogen-bond donors (Lipinski definition) is 0. The normalized spacial score (nSPS) is 19.3. The topological polar surface area (TPSA) is 56.6 Å². The van der Waals surface area contributed by atoms with Crippen molar-refractivity contribution < 1.29 is 14.3 Å². The molecule has 1 unspecified atom stereocenters. The molecule has 1 fully saturated rings. The van der Waals surface area contributed by atoms with Gasteiger partial charge in [0.25, 0.3) is 0 Å². The maximum Gasteiger partial charge on any atom is 0.231 e. The third-order valence-corrected chi connectivity index (χ3v) is 4.47. The van der Waals surface area contributed by atoms with Crippen molar-refractivity contribution >= 4 is 5.91 Å². The average Bonchev–Trinajstić information content (AvgIpc) is 3.25. The SMILES string of the molecule is Cn1cc(CC(=O)N2CCCC2c2ccc3c(c2)OCO3)cn1. The van der Waals surface area contributed by atoms with Crippen LogP contribution in [-0.2, 0) is 18.3 Å². The third-order valence-electron chi connectivity index (χ3n) is 4.47. The van der Waals surface area contributed by atoms with Gasteiger partial charge in [0.1, 0.15) is 0 Å². The lowest BCUT2D eigenvalue weighted by atomic mass is 10.0. The molecule has 4 rings (SSSR count). The zero-order chi connectivity index (χ0) is 15.8. The molecule has 0 aliphatic carbocycles. The van der Waals surface area contributed by atoms with Gasteiger partial charge in [0.05, 0.1) is 18.7 Å². The van der Waals surface area contributed by atoms with Gasteiger partial charge in [0.2, 0.25) is 12.7 Å². The number of carbonyl (C=O) groups is 1. The highest BCUT2D eigenvalue weighted by molar-refractivity contribution is 5.79. The summed E-state index contributed by atoms with van der Waals surface area (Å²) in [5.41, 5.74) is 2.07. The second-order valence-electron chi connectivity index (χ2n) is 6.06. The van der Waals surface area contributed by atoms with Crippen molar-refractivity contribution in [3.8, 4) is 11.5 Å². The summed E-state index contributed by atoms with van der Waals surface area (Å²) in [5, 5.41) is 4.13. The van der Waals surface area contributed by atoms with Crippen LogP contribution in [0.4, 0.5) is 0 Å². The second-order valence-corrected chi connectivity index (χ2v) is 6.06. The third kappa shape index (κ3) is 2.65. The second kappa shape index (κ2) is 5.61. The average molecular weight is 313 g/mol. The summed E-state index contributed by atoms with van der Waals surface area (Å²) in [7, 11) is 1.86. The molecule has 1 amide bonds. The van der Waals surface area contributed by atoms with Crippen molar-refractivity contribution in [2.75, 3.05) is 13.3 Å². The first-order chi connectivity index (χ1) is 11.2. The molecule has 6 nitrogen and oxygen atoms in total. The molecule has 1 saturated heterocycles. The van der Waals surface area contributed by atoms with E-state index >= 15 is 0 Å². The molecule has 23 heavy (non-hydrogen) atoms. The van der Waals surface area contributed by atoms with Crippen molar-refractivity contribution in [3.05, 3.63) is 41.7 Å². The molecule has 1 aromatic carbocycles. The number of hydrogen-bond acceptors (Lipinski definition) is 4. The molecule has 2 aromatic rings.